The number of ether oxygens (including phenoxy) is 1. The van der Waals surface area contributed by atoms with Crippen molar-refractivity contribution in [1.29, 1.82) is 0 Å². The summed E-state index contributed by atoms with van der Waals surface area (Å²) >= 11 is 0. The number of hydrogen-bond acceptors (Lipinski definition) is 4. The van der Waals surface area contributed by atoms with Gasteiger partial charge in [-0.2, -0.15) is 0 Å². The molecular formula is C15H30N2O4. The van der Waals surface area contributed by atoms with Gasteiger partial charge < -0.3 is 20.5 Å². The quantitative estimate of drug-likeness (QED) is 0.500. The molecule has 0 saturated carbocycles. The number of carboxylic acid groups (broad SMARTS) is 1. The van der Waals surface area contributed by atoms with Crippen LogP contribution in [0.15, 0.2) is 0 Å². The number of carbonyl (C=O) groups excluding carboxylic acids is 1. The van der Waals surface area contributed by atoms with E-state index < -0.39 is 16.8 Å². The molecule has 0 aliphatic heterocycles. The van der Waals surface area contributed by atoms with Crippen LogP contribution in [-0.2, 0) is 14.3 Å². The van der Waals surface area contributed by atoms with Gasteiger partial charge in [-0.25, -0.2) is 0 Å². The van der Waals surface area contributed by atoms with E-state index >= 15 is 0 Å². The Bertz CT molecular complexity index is 341. The van der Waals surface area contributed by atoms with Crippen molar-refractivity contribution in [2.45, 2.75) is 40.5 Å². The first-order valence-corrected chi connectivity index (χ1v) is 7.37. The van der Waals surface area contributed by atoms with E-state index in [0.717, 1.165) is 13.0 Å². The molecule has 0 unspecified atom stereocenters. The molecule has 0 aromatic rings. The molecule has 0 saturated heterocycles. The van der Waals surface area contributed by atoms with Gasteiger partial charge in [-0.05, 0) is 40.3 Å². The van der Waals surface area contributed by atoms with Crippen LogP contribution in [0.5, 0.6) is 0 Å². The van der Waals surface area contributed by atoms with E-state index in [1.165, 1.54) is 0 Å². The monoisotopic (exact) mass is 302 g/mol. The van der Waals surface area contributed by atoms with Gasteiger partial charge in [0, 0.05) is 18.6 Å². The summed E-state index contributed by atoms with van der Waals surface area (Å²) in [7, 11) is 1.89. The standard InChI is InChI=1S/C15H30N2O4/c1-14(2,11-15(3,4)13(19)20)12(18)17-8-10-21-9-6-7-16-5/h16H,6-11H2,1-5H3,(H,17,18)(H,19,20). The molecule has 124 valence electrons. The molecule has 0 bridgehead atoms. The maximum absolute atomic E-state index is 12.1. The highest BCUT2D eigenvalue weighted by atomic mass is 16.5. The first-order chi connectivity index (χ1) is 9.63. The molecule has 1 amide bonds. The molecule has 0 heterocycles. The third-order valence-corrected chi connectivity index (χ3v) is 3.32. The Labute approximate surface area is 127 Å². The summed E-state index contributed by atoms with van der Waals surface area (Å²) in [6, 6.07) is 0. The molecule has 6 heteroatoms. The topological polar surface area (TPSA) is 87.7 Å². The van der Waals surface area contributed by atoms with E-state index in [1.807, 2.05) is 7.05 Å². The average Bonchev–Trinajstić information content (AvgIpc) is 2.36. The van der Waals surface area contributed by atoms with Gasteiger partial charge in [-0.1, -0.05) is 13.8 Å². The number of hydrogen-bond donors (Lipinski definition) is 3. The third-order valence-electron chi connectivity index (χ3n) is 3.32. The molecule has 21 heavy (non-hydrogen) atoms. The Morgan fingerprint density at radius 2 is 1.67 bits per heavy atom. The first-order valence-electron chi connectivity index (χ1n) is 7.37. The zero-order valence-electron chi connectivity index (χ0n) is 13.9. The van der Waals surface area contributed by atoms with Crippen molar-refractivity contribution < 1.29 is 19.4 Å². The number of rotatable bonds is 11. The zero-order valence-corrected chi connectivity index (χ0v) is 13.9. The van der Waals surface area contributed by atoms with Crippen LogP contribution < -0.4 is 10.6 Å². The van der Waals surface area contributed by atoms with E-state index in [4.69, 9.17) is 9.84 Å². The van der Waals surface area contributed by atoms with Crippen molar-refractivity contribution in [3.05, 3.63) is 0 Å². The Kier molecular flexibility index (Phi) is 8.51. The van der Waals surface area contributed by atoms with Crippen molar-refractivity contribution in [1.82, 2.24) is 10.6 Å². The van der Waals surface area contributed by atoms with Crippen LogP contribution in [0.4, 0.5) is 0 Å². The van der Waals surface area contributed by atoms with Gasteiger partial charge in [-0.3, -0.25) is 9.59 Å². The van der Waals surface area contributed by atoms with Crippen molar-refractivity contribution in [2.24, 2.45) is 10.8 Å². The minimum atomic E-state index is -0.926. The molecule has 0 fully saturated rings. The van der Waals surface area contributed by atoms with Crippen LogP contribution in [-0.4, -0.2) is 50.3 Å². The molecule has 0 atom stereocenters. The minimum Gasteiger partial charge on any atom is -0.481 e. The lowest BCUT2D eigenvalue weighted by molar-refractivity contribution is -0.149. The lowest BCUT2D eigenvalue weighted by Gasteiger charge is -2.31. The minimum absolute atomic E-state index is 0.143. The second-order valence-corrected chi connectivity index (χ2v) is 6.58. The lowest BCUT2D eigenvalue weighted by Crippen LogP contribution is -2.42. The number of carbonyl (C=O) groups is 2. The summed E-state index contributed by atoms with van der Waals surface area (Å²) < 4.78 is 5.39. The first kappa shape index (κ1) is 19.9. The highest BCUT2D eigenvalue weighted by molar-refractivity contribution is 5.83. The van der Waals surface area contributed by atoms with Crippen LogP contribution in [0.1, 0.15) is 40.5 Å². The molecule has 0 rings (SSSR count). The van der Waals surface area contributed by atoms with Gasteiger partial charge in [0.15, 0.2) is 0 Å². The van der Waals surface area contributed by atoms with Crippen LogP contribution in [0.3, 0.4) is 0 Å². The van der Waals surface area contributed by atoms with Gasteiger partial charge in [-0.15, -0.1) is 0 Å². The fourth-order valence-electron chi connectivity index (χ4n) is 2.19. The summed E-state index contributed by atoms with van der Waals surface area (Å²) in [6.07, 6.45) is 1.22. The van der Waals surface area contributed by atoms with E-state index in [-0.39, 0.29) is 12.3 Å². The number of nitrogens with one attached hydrogen (secondary N) is 2. The van der Waals surface area contributed by atoms with Crippen molar-refractivity contribution >= 4 is 11.9 Å². The predicted molar refractivity (Wildman–Crippen MR) is 82.2 cm³/mol. The van der Waals surface area contributed by atoms with Gasteiger partial charge in [0.2, 0.25) is 5.91 Å². The van der Waals surface area contributed by atoms with Gasteiger partial charge in [0.25, 0.3) is 0 Å². The van der Waals surface area contributed by atoms with Crippen molar-refractivity contribution in [2.75, 3.05) is 33.4 Å². The van der Waals surface area contributed by atoms with E-state index in [9.17, 15) is 9.59 Å². The number of carboxylic acids is 1. The molecular weight excluding hydrogens is 272 g/mol. The Morgan fingerprint density at radius 3 is 2.19 bits per heavy atom. The van der Waals surface area contributed by atoms with Crippen LogP contribution >= 0.6 is 0 Å². The number of aliphatic carboxylic acids is 1. The Balaban J connectivity index is 4.06. The fraction of sp³-hybridized carbons (Fsp3) is 0.867. The second-order valence-electron chi connectivity index (χ2n) is 6.58. The maximum atomic E-state index is 12.1. The Morgan fingerprint density at radius 1 is 1.05 bits per heavy atom. The van der Waals surface area contributed by atoms with Gasteiger partial charge in [0.05, 0.1) is 12.0 Å². The highest BCUT2D eigenvalue weighted by Gasteiger charge is 2.38. The lowest BCUT2D eigenvalue weighted by atomic mass is 9.74. The van der Waals surface area contributed by atoms with E-state index in [2.05, 4.69) is 10.6 Å². The predicted octanol–water partition coefficient (Wildman–Crippen LogP) is 1.26. The van der Waals surface area contributed by atoms with Crippen LogP contribution in [0.2, 0.25) is 0 Å². The second kappa shape index (κ2) is 9.00. The molecule has 3 N–H and O–H groups in total. The van der Waals surface area contributed by atoms with Gasteiger partial charge >= 0.3 is 5.97 Å². The maximum Gasteiger partial charge on any atom is 0.309 e. The Hall–Kier alpha value is -1.14. The van der Waals surface area contributed by atoms with E-state index in [1.54, 1.807) is 27.7 Å². The molecule has 6 nitrogen and oxygen atoms in total. The van der Waals surface area contributed by atoms with Crippen LogP contribution in [0, 0.1) is 10.8 Å². The molecule has 0 radical (unpaired) electrons. The smallest absolute Gasteiger partial charge is 0.309 e. The zero-order chi connectivity index (χ0) is 16.5. The molecule has 0 spiro atoms. The normalized spacial score (nSPS) is 12.2. The summed E-state index contributed by atoms with van der Waals surface area (Å²) in [6.45, 7) is 9.27. The fourth-order valence-corrected chi connectivity index (χ4v) is 2.19. The highest BCUT2D eigenvalue weighted by Crippen LogP contribution is 2.33. The molecule has 0 aliphatic carbocycles. The average molecular weight is 302 g/mol. The largest absolute Gasteiger partial charge is 0.481 e. The summed E-state index contributed by atoms with van der Waals surface area (Å²) in [5.41, 5.74) is -1.65. The summed E-state index contributed by atoms with van der Waals surface area (Å²) in [5.74, 6) is -1.04. The summed E-state index contributed by atoms with van der Waals surface area (Å²) in [5, 5.41) is 15.0. The molecule has 0 aromatic heterocycles. The SMILES string of the molecule is CNCCCOCCNC(=O)C(C)(C)CC(C)(C)C(=O)O. The van der Waals surface area contributed by atoms with Crippen LogP contribution in [0.25, 0.3) is 0 Å². The summed E-state index contributed by atoms with van der Waals surface area (Å²) in [4.78, 5) is 23.3. The van der Waals surface area contributed by atoms with Gasteiger partial charge in [0.1, 0.15) is 0 Å². The van der Waals surface area contributed by atoms with Crippen molar-refractivity contribution in [3.8, 4) is 0 Å². The molecule has 0 aromatic carbocycles. The third kappa shape index (κ3) is 8.02. The number of amides is 1. The van der Waals surface area contributed by atoms with Crippen molar-refractivity contribution in [3.63, 3.8) is 0 Å². The van der Waals surface area contributed by atoms with E-state index in [0.29, 0.717) is 19.8 Å². The molecule has 0 aliphatic rings.